The summed E-state index contributed by atoms with van der Waals surface area (Å²) >= 11 is 5.70. The van der Waals surface area contributed by atoms with Crippen molar-refractivity contribution in [3.8, 4) is 5.69 Å². The number of aromatic nitrogens is 4. The van der Waals surface area contributed by atoms with Crippen molar-refractivity contribution in [1.82, 2.24) is 20.2 Å². The largest absolute Gasteiger partial charge is 0.279 e. The van der Waals surface area contributed by atoms with Crippen LogP contribution in [0.25, 0.3) is 5.69 Å². The molecule has 0 bridgehead atoms. The monoisotopic (exact) mass is 330 g/mol. The van der Waals surface area contributed by atoms with Crippen molar-refractivity contribution >= 4 is 23.5 Å². The van der Waals surface area contributed by atoms with Crippen LogP contribution >= 0.6 is 11.6 Å². The van der Waals surface area contributed by atoms with Crippen LogP contribution in [0.3, 0.4) is 0 Å². The number of hydrazone groups is 1. The van der Waals surface area contributed by atoms with E-state index in [2.05, 4.69) is 26.1 Å². The van der Waals surface area contributed by atoms with E-state index in [1.165, 1.54) is 12.1 Å². The minimum absolute atomic E-state index is 0.0400. The number of rotatable bonds is 5. The van der Waals surface area contributed by atoms with Gasteiger partial charge in [-0.15, -0.1) is 5.10 Å². The van der Waals surface area contributed by atoms with Crippen molar-refractivity contribution in [3.05, 3.63) is 65.2 Å². The molecule has 0 spiro atoms. The Labute approximate surface area is 136 Å². The zero-order chi connectivity index (χ0) is 16.1. The second kappa shape index (κ2) is 6.97. The highest BCUT2D eigenvalue weighted by atomic mass is 35.5. The molecule has 0 fully saturated rings. The summed E-state index contributed by atoms with van der Waals surface area (Å²) in [6.07, 6.45) is 2.06. The van der Waals surface area contributed by atoms with Crippen LogP contribution in [0.15, 0.2) is 53.6 Å². The Hall–Kier alpha value is -2.80. The second-order valence-corrected chi connectivity index (χ2v) is 5.01. The van der Waals surface area contributed by atoms with E-state index in [1.54, 1.807) is 17.0 Å². The number of hydrogen-bond acceptors (Lipinski definition) is 5. The van der Waals surface area contributed by atoms with Crippen LogP contribution in [0.2, 0.25) is 5.02 Å². The third kappa shape index (κ3) is 3.70. The van der Waals surface area contributed by atoms with Crippen molar-refractivity contribution in [1.29, 1.82) is 0 Å². The number of anilines is 1. The fourth-order valence-corrected chi connectivity index (χ4v) is 2.10. The molecule has 0 aliphatic rings. The number of hydrogen-bond donors (Lipinski definition) is 1. The van der Waals surface area contributed by atoms with Gasteiger partial charge in [-0.2, -0.15) is 9.78 Å². The minimum Gasteiger partial charge on any atom is -0.279 e. The minimum atomic E-state index is -0.469. The lowest BCUT2D eigenvalue weighted by molar-refractivity contribution is 0.628. The molecule has 1 N–H and O–H groups in total. The lowest BCUT2D eigenvalue weighted by atomic mass is 10.3. The van der Waals surface area contributed by atoms with E-state index in [0.29, 0.717) is 17.9 Å². The molecule has 0 radical (unpaired) electrons. The van der Waals surface area contributed by atoms with Gasteiger partial charge in [-0.25, -0.2) is 4.39 Å². The normalized spacial score (nSPS) is 11.0. The summed E-state index contributed by atoms with van der Waals surface area (Å²) in [6.45, 7) is 0. The standard InChI is InChI=1S/C15H12ClFN6/c16-13-10-11(6-7-14(13)17)19-18-9-8-15-20-21-22-23(15)12-4-2-1-3-5-12/h1-7,9-10,19H,8H2. The zero-order valence-corrected chi connectivity index (χ0v) is 12.7. The molecule has 3 aromatic rings. The highest BCUT2D eigenvalue weighted by Gasteiger charge is 2.06. The molecule has 0 atom stereocenters. The van der Waals surface area contributed by atoms with Crippen LogP contribution in [-0.4, -0.2) is 26.4 Å². The highest BCUT2D eigenvalue weighted by molar-refractivity contribution is 6.31. The second-order valence-electron chi connectivity index (χ2n) is 4.60. The first kappa shape index (κ1) is 15.1. The van der Waals surface area contributed by atoms with Crippen LogP contribution < -0.4 is 5.43 Å². The molecule has 0 amide bonds. The Bertz CT molecular complexity index is 818. The third-order valence-electron chi connectivity index (χ3n) is 3.01. The van der Waals surface area contributed by atoms with Gasteiger partial charge >= 0.3 is 0 Å². The fourth-order valence-electron chi connectivity index (χ4n) is 1.92. The molecule has 0 saturated heterocycles. The van der Waals surface area contributed by atoms with E-state index in [-0.39, 0.29) is 5.02 Å². The summed E-state index contributed by atoms with van der Waals surface area (Å²) < 4.78 is 14.7. The van der Waals surface area contributed by atoms with Crippen molar-refractivity contribution < 1.29 is 4.39 Å². The van der Waals surface area contributed by atoms with Crippen molar-refractivity contribution in [2.24, 2.45) is 5.10 Å². The van der Waals surface area contributed by atoms with Gasteiger partial charge in [0.05, 0.1) is 16.4 Å². The Kier molecular flexibility index (Phi) is 4.58. The maximum atomic E-state index is 13.1. The van der Waals surface area contributed by atoms with Gasteiger partial charge in [0.1, 0.15) is 5.82 Å². The quantitative estimate of drug-likeness (QED) is 0.576. The van der Waals surface area contributed by atoms with E-state index in [0.717, 1.165) is 5.69 Å². The number of tetrazole rings is 1. The SMILES string of the molecule is Fc1ccc(NN=CCc2nnnn2-c2ccccc2)cc1Cl. The van der Waals surface area contributed by atoms with Gasteiger partial charge in [-0.1, -0.05) is 29.8 Å². The van der Waals surface area contributed by atoms with Crippen LogP contribution in [-0.2, 0) is 6.42 Å². The van der Waals surface area contributed by atoms with Crippen molar-refractivity contribution in [2.45, 2.75) is 6.42 Å². The molecule has 0 aliphatic heterocycles. The van der Waals surface area contributed by atoms with Gasteiger partial charge in [0.2, 0.25) is 0 Å². The van der Waals surface area contributed by atoms with E-state index >= 15 is 0 Å². The lowest BCUT2D eigenvalue weighted by Gasteiger charge is -2.02. The van der Waals surface area contributed by atoms with Gasteiger partial charge in [-0.3, -0.25) is 5.43 Å². The summed E-state index contributed by atoms with van der Waals surface area (Å²) in [6, 6.07) is 13.9. The van der Waals surface area contributed by atoms with Crippen LogP contribution in [0.4, 0.5) is 10.1 Å². The number of benzene rings is 2. The number of nitrogens with one attached hydrogen (secondary N) is 1. The molecule has 116 valence electrons. The molecule has 6 nitrogen and oxygen atoms in total. The summed E-state index contributed by atoms with van der Waals surface area (Å²) in [5.41, 5.74) is 4.24. The Morgan fingerprint density at radius 2 is 2.04 bits per heavy atom. The maximum absolute atomic E-state index is 13.1. The van der Waals surface area contributed by atoms with Gasteiger partial charge in [0.25, 0.3) is 0 Å². The first-order valence-corrected chi connectivity index (χ1v) is 7.17. The van der Waals surface area contributed by atoms with Crippen LogP contribution in [0.5, 0.6) is 0 Å². The Balaban J connectivity index is 1.65. The Morgan fingerprint density at radius 1 is 1.22 bits per heavy atom. The smallest absolute Gasteiger partial charge is 0.162 e. The van der Waals surface area contributed by atoms with E-state index in [4.69, 9.17) is 11.6 Å². The number of halogens is 2. The molecule has 23 heavy (non-hydrogen) atoms. The van der Waals surface area contributed by atoms with Gasteiger partial charge < -0.3 is 0 Å². The molecule has 0 saturated carbocycles. The molecule has 3 rings (SSSR count). The first-order chi connectivity index (χ1) is 11.2. The molecular weight excluding hydrogens is 319 g/mol. The third-order valence-corrected chi connectivity index (χ3v) is 3.30. The molecule has 0 unspecified atom stereocenters. The number of para-hydroxylation sites is 1. The van der Waals surface area contributed by atoms with Crippen LogP contribution in [0.1, 0.15) is 5.82 Å². The summed E-state index contributed by atoms with van der Waals surface area (Å²) in [5.74, 6) is 0.183. The van der Waals surface area contributed by atoms with Crippen molar-refractivity contribution in [3.63, 3.8) is 0 Å². The highest BCUT2D eigenvalue weighted by Crippen LogP contribution is 2.19. The fraction of sp³-hybridized carbons (Fsp3) is 0.0667. The summed E-state index contributed by atoms with van der Waals surface area (Å²) in [4.78, 5) is 0. The average molecular weight is 331 g/mol. The first-order valence-electron chi connectivity index (χ1n) is 6.79. The summed E-state index contributed by atoms with van der Waals surface area (Å²) in [5, 5.41) is 15.7. The summed E-state index contributed by atoms with van der Waals surface area (Å²) in [7, 11) is 0. The molecule has 1 aromatic heterocycles. The predicted molar refractivity (Wildman–Crippen MR) is 86.4 cm³/mol. The zero-order valence-electron chi connectivity index (χ0n) is 11.9. The lowest BCUT2D eigenvalue weighted by Crippen LogP contribution is -2.04. The maximum Gasteiger partial charge on any atom is 0.162 e. The van der Waals surface area contributed by atoms with E-state index < -0.39 is 5.82 Å². The number of nitrogens with zero attached hydrogens (tertiary/aromatic N) is 5. The van der Waals surface area contributed by atoms with E-state index in [9.17, 15) is 4.39 Å². The predicted octanol–water partition coefficient (Wildman–Crippen LogP) is 3.10. The van der Waals surface area contributed by atoms with Crippen LogP contribution in [0, 0.1) is 5.82 Å². The molecule has 1 heterocycles. The van der Waals surface area contributed by atoms with Crippen molar-refractivity contribution in [2.75, 3.05) is 5.43 Å². The molecule has 0 aliphatic carbocycles. The average Bonchev–Trinajstić information content (AvgIpc) is 3.04. The Morgan fingerprint density at radius 3 is 2.83 bits per heavy atom. The van der Waals surface area contributed by atoms with Gasteiger partial charge in [-0.05, 0) is 40.8 Å². The van der Waals surface area contributed by atoms with Gasteiger partial charge in [0, 0.05) is 12.6 Å². The topological polar surface area (TPSA) is 68.0 Å². The van der Waals surface area contributed by atoms with E-state index in [1.807, 2.05) is 30.3 Å². The molecule has 2 aromatic carbocycles. The molecular formula is C15H12ClFN6. The van der Waals surface area contributed by atoms with Gasteiger partial charge in [0.15, 0.2) is 5.82 Å². The molecule has 8 heteroatoms.